The van der Waals surface area contributed by atoms with Crippen LogP contribution in [0.1, 0.15) is 5.89 Å². The number of aromatic nitrogens is 3. The third kappa shape index (κ3) is 4.54. The summed E-state index contributed by atoms with van der Waals surface area (Å²) < 4.78 is 5.06. The minimum Gasteiger partial charge on any atom is -0.367 e. The number of carbonyl (C=O) groups is 1. The molecule has 1 aliphatic rings. The predicted octanol–water partition coefficient (Wildman–Crippen LogP) is 3.53. The fraction of sp³-hybridized carbons (Fsp3) is 0.300. The first kappa shape index (κ1) is 19.7. The molecule has 29 heavy (non-hydrogen) atoms. The number of hydrogen-bond donors (Lipinski definition) is 0. The molecule has 9 heteroatoms. The van der Waals surface area contributed by atoms with Crippen LogP contribution >= 0.6 is 23.4 Å². The Balaban J connectivity index is 1.35. The summed E-state index contributed by atoms with van der Waals surface area (Å²) in [5.41, 5.74) is 1.79. The van der Waals surface area contributed by atoms with Gasteiger partial charge in [-0.3, -0.25) is 4.79 Å². The number of thioether (sulfide) groups is 1. The molecule has 1 saturated heterocycles. The van der Waals surface area contributed by atoms with Crippen LogP contribution in [0.4, 0.5) is 5.69 Å². The van der Waals surface area contributed by atoms with E-state index in [1.54, 1.807) is 13.1 Å². The van der Waals surface area contributed by atoms with Crippen LogP contribution in [0.2, 0.25) is 5.02 Å². The van der Waals surface area contributed by atoms with E-state index < -0.39 is 0 Å². The molecular formula is C20H20ClN5O2S. The molecule has 1 aliphatic heterocycles. The van der Waals surface area contributed by atoms with Gasteiger partial charge in [0.25, 0.3) is 0 Å². The smallest absolute Gasteiger partial charge is 0.233 e. The molecule has 0 saturated carbocycles. The first-order valence-electron chi connectivity index (χ1n) is 9.27. The molecule has 2 aromatic heterocycles. The fourth-order valence-electron chi connectivity index (χ4n) is 3.21. The van der Waals surface area contributed by atoms with Gasteiger partial charge in [0.1, 0.15) is 5.03 Å². The first-order chi connectivity index (χ1) is 14.1. The van der Waals surface area contributed by atoms with E-state index in [0.29, 0.717) is 30.6 Å². The van der Waals surface area contributed by atoms with Gasteiger partial charge in [-0.05, 0) is 24.3 Å². The first-order valence-corrected chi connectivity index (χ1v) is 10.6. The molecule has 0 radical (unpaired) electrons. The zero-order valence-electron chi connectivity index (χ0n) is 15.9. The minimum atomic E-state index is 0.0923. The van der Waals surface area contributed by atoms with E-state index >= 15 is 0 Å². The number of carbonyl (C=O) groups excluding carboxylic acids is 1. The van der Waals surface area contributed by atoms with E-state index in [4.69, 9.17) is 16.1 Å². The lowest BCUT2D eigenvalue weighted by Gasteiger charge is -2.36. The van der Waals surface area contributed by atoms with Gasteiger partial charge in [0, 0.05) is 39.3 Å². The quantitative estimate of drug-likeness (QED) is 0.574. The maximum Gasteiger partial charge on any atom is 0.233 e. The largest absolute Gasteiger partial charge is 0.367 e. The minimum absolute atomic E-state index is 0.0923. The van der Waals surface area contributed by atoms with Crippen LogP contribution in [0, 0.1) is 6.92 Å². The van der Waals surface area contributed by atoms with E-state index in [1.807, 2.05) is 41.3 Å². The Labute approximate surface area is 178 Å². The summed E-state index contributed by atoms with van der Waals surface area (Å²) in [5.74, 6) is 1.38. The summed E-state index contributed by atoms with van der Waals surface area (Å²) in [6, 6.07) is 11.5. The number of anilines is 1. The number of nitrogens with zero attached hydrogens (tertiary/aromatic N) is 5. The van der Waals surface area contributed by atoms with Gasteiger partial charge in [-0.25, -0.2) is 4.98 Å². The lowest BCUT2D eigenvalue weighted by atomic mass is 10.2. The molecule has 0 atom stereocenters. The Morgan fingerprint density at radius 3 is 2.69 bits per heavy atom. The van der Waals surface area contributed by atoms with E-state index in [9.17, 15) is 4.79 Å². The molecule has 0 bridgehead atoms. The zero-order chi connectivity index (χ0) is 20.2. The summed E-state index contributed by atoms with van der Waals surface area (Å²) in [4.78, 5) is 25.5. The van der Waals surface area contributed by atoms with Gasteiger partial charge < -0.3 is 14.3 Å². The lowest BCUT2D eigenvalue weighted by Crippen LogP contribution is -2.49. The maximum absolute atomic E-state index is 12.7. The SMILES string of the molecule is Cc1nc(-c2cccnc2SCC(=O)N2CCN(c3ccccc3Cl)CC2)no1. The third-order valence-electron chi connectivity index (χ3n) is 4.70. The van der Waals surface area contributed by atoms with Gasteiger partial charge in [-0.15, -0.1) is 0 Å². The number of halogens is 1. The highest BCUT2D eigenvalue weighted by Gasteiger charge is 2.23. The van der Waals surface area contributed by atoms with Crippen molar-refractivity contribution in [2.45, 2.75) is 11.9 Å². The van der Waals surface area contributed by atoms with Gasteiger partial charge in [0.05, 0.1) is 22.0 Å². The standard InChI is InChI=1S/C20H20ClN5O2S/c1-14-23-19(24-28-14)15-5-4-8-22-20(15)29-13-18(27)26-11-9-25(10-12-26)17-7-3-2-6-16(17)21/h2-8H,9-13H2,1H3. The van der Waals surface area contributed by atoms with Gasteiger partial charge in [-0.1, -0.05) is 40.7 Å². The van der Waals surface area contributed by atoms with E-state index in [0.717, 1.165) is 34.4 Å². The van der Waals surface area contributed by atoms with Crippen LogP contribution in [0.5, 0.6) is 0 Å². The summed E-state index contributed by atoms with van der Waals surface area (Å²) >= 11 is 7.69. The van der Waals surface area contributed by atoms with Crippen molar-refractivity contribution in [1.82, 2.24) is 20.0 Å². The highest BCUT2D eigenvalue weighted by atomic mass is 35.5. The Morgan fingerprint density at radius 1 is 1.17 bits per heavy atom. The van der Waals surface area contributed by atoms with Crippen LogP contribution in [0.15, 0.2) is 52.1 Å². The molecule has 1 aromatic carbocycles. The Hall–Kier alpha value is -2.58. The topological polar surface area (TPSA) is 75.4 Å². The fourth-order valence-corrected chi connectivity index (χ4v) is 4.36. The van der Waals surface area contributed by atoms with Crippen LogP contribution in [-0.2, 0) is 4.79 Å². The Kier molecular flexibility index (Phi) is 6.01. The van der Waals surface area contributed by atoms with Crippen molar-refractivity contribution in [1.29, 1.82) is 0 Å². The number of rotatable bonds is 5. The van der Waals surface area contributed by atoms with Gasteiger partial charge in [-0.2, -0.15) is 4.98 Å². The summed E-state index contributed by atoms with van der Waals surface area (Å²) in [6.45, 7) is 4.60. The molecule has 0 aliphatic carbocycles. The Bertz CT molecular complexity index is 1000. The molecule has 0 unspecified atom stereocenters. The summed E-state index contributed by atoms with van der Waals surface area (Å²) in [7, 11) is 0. The highest BCUT2D eigenvalue weighted by Crippen LogP contribution is 2.29. The second-order valence-electron chi connectivity index (χ2n) is 6.60. The second-order valence-corrected chi connectivity index (χ2v) is 7.97. The molecule has 3 aromatic rings. The van der Waals surface area contributed by atoms with Crippen LogP contribution in [-0.4, -0.2) is 57.9 Å². The van der Waals surface area contributed by atoms with Crippen molar-refractivity contribution in [3.8, 4) is 11.4 Å². The number of hydrogen-bond acceptors (Lipinski definition) is 7. The maximum atomic E-state index is 12.7. The third-order valence-corrected chi connectivity index (χ3v) is 6.01. The van der Waals surface area contributed by atoms with E-state index in [2.05, 4.69) is 20.0 Å². The van der Waals surface area contributed by atoms with Crippen molar-refractivity contribution in [2.24, 2.45) is 0 Å². The molecule has 0 N–H and O–H groups in total. The molecular weight excluding hydrogens is 410 g/mol. The lowest BCUT2D eigenvalue weighted by molar-refractivity contribution is -0.128. The van der Waals surface area contributed by atoms with Crippen molar-refractivity contribution >= 4 is 35.0 Å². The summed E-state index contributed by atoms with van der Waals surface area (Å²) in [5, 5.41) is 5.41. The molecule has 3 heterocycles. The van der Waals surface area contributed by atoms with Gasteiger partial charge >= 0.3 is 0 Å². The predicted molar refractivity (Wildman–Crippen MR) is 113 cm³/mol. The van der Waals surface area contributed by atoms with Crippen LogP contribution in [0.3, 0.4) is 0 Å². The molecule has 1 amide bonds. The number of piperazine rings is 1. The number of pyridine rings is 1. The van der Waals surface area contributed by atoms with Crippen LogP contribution in [0.25, 0.3) is 11.4 Å². The Morgan fingerprint density at radius 2 is 1.97 bits per heavy atom. The van der Waals surface area contributed by atoms with E-state index in [1.165, 1.54) is 11.8 Å². The van der Waals surface area contributed by atoms with Crippen molar-refractivity contribution < 1.29 is 9.32 Å². The number of aryl methyl sites for hydroxylation is 1. The molecule has 4 rings (SSSR count). The highest BCUT2D eigenvalue weighted by molar-refractivity contribution is 8.00. The number of amides is 1. The average molecular weight is 430 g/mol. The number of benzene rings is 1. The molecule has 1 fully saturated rings. The van der Waals surface area contributed by atoms with E-state index in [-0.39, 0.29) is 5.91 Å². The van der Waals surface area contributed by atoms with Crippen molar-refractivity contribution in [2.75, 3.05) is 36.8 Å². The monoisotopic (exact) mass is 429 g/mol. The van der Waals surface area contributed by atoms with Crippen molar-refractivity contribution in [3.63, 3.8) is 0 Å². The molecule has 150 valence electrons. The molecule has 7 nitrogen and oxygen atoms in total. The average Bonchev–Trinajstić information content (AvgIpc) is 3.19. The van der Waals surface area contributed by atoms with Crippen LogP contribution < -0.4 is 4.90 Å². The molecule has 0 spiro atoms. The van der Waals surface area contributed by atoms with Gasteiger partial charge in [0.2, 0.25) is 17.6 Å². The zero-order valence-corrected chi connectivity index (χ0v) is 17.5. The van der Waals surface area contributed by atoms with Gasteiger partial charge in [0.15, 0.2) is 0 Å². The number of para-hydroxylation sites is 1. The summed E-state index contributed by atoms with van der Waals surface area (Å²) in [6.07, 6.45) is 1.70. The van der Waals surface area contributed by atoms with Crippen molar-refractivity contribution in [3.05, 3.63) is 53.5 Å². The second kappa shape index (κ2) is 8.84. The normalized spacial score (nSPS) is 14.3.